The normalized spacial score (nSPS) is 10.8. The zero-order valence-corrected chi connectivity index (χ0v) is 12.3. The molecule has 0 atom stereocenters. The summed E-state index contributed by atoms with van der Waals surface area (Å²) in [5, 5.41) is 0. The van der Waals surface area contributed by atoms with Crippen molar-refractivity contribution in [1.29, 1.82) is 0 Å². The van der Waals surface area contributed by atoms with Crippen molar-refractivity contribution in [3.8, 4) is 0 Å². The molecule has 0 fully saturated rings. The van der Waals surface area contributed by atoms with Crippen molar-refractivity contribution in [2.24, 2.45) is 0 Å². The van der Waals surface area contributed by atoms with Gasteiger partial charge < -0.3 is 0 Å². The van der Waals surface area contributed by atoms with Gasteiger partial charge in [-0.3, -0.25) is 0 Å². The van der Waals surface area contributed by atoms with Gasteiger partial charge in [-0.15, -0.1) is 0 Å². The molecule has 13 heavy (non-hydrogen) atoms. The molecule has 0 heterocycles. The Morgan fingerprint density at radius 2 is 2.00 bits per heavy atom. The van der Waals surface area contributed by atoms with Crippen LogP contribution in [0.1, 0.15) is 11.1 Å². The summed E-state index contributed by atoms with van der Waals surface area (Å²) in [5.74, 6) is 0. The van der Waals surface area contributed by atoms with Gasteiger partial charge in [-0.2, -0.15) is 0 Å². The third-order valence-electron chi connectivity index (χ3n) is 2.02. The van der Waals surface area contributed by atoms with E-state index in [-0.39, 0.29) is 0 Å². The van der Waals surface area contributed by atoms with Gasteiger partial charge in [0.25, 0.3) is 0 Å². The molecular weight excluding hydrogens is 357 g/mol. The molecule has 1 rings (SSSR count). The van der Waals surface area contributed by atoms with Crippen LogP contribution in [0, 0.1) is 6.92 Å². The summed E-state index contributed by atoms with van der Waals surface area (Å²) in [4.78, 5) is 0. The van der Waals surface area contributed by atoms with Crippen molar-refractivity contribution in [3.63, 3.8) is 0 Å². The van der Waals surface area contributed by atoms with Crippen LogP contribution < -0.4 is 3.27 Å². The minimum absolute atomic E-state index is 0.768. The molecule has 1 nitrogen and oxygen atoms in total. The van der Waals surface area contributed by atoms with Gasteiger partial charge in [0.2, 0.25) is 0 Å². The average Bonchev–Trinajstić information content (AvgIpc) is 2.04. The van der Waals surface area contributed by atoms with Crippen molar-refractivity contribution in [1.82, 2.24) is 0 Å². The van der Waals surface area contributed by atoms with Crippen molar-refractivity contribution in [3.05, 3.63) is 29.3 Å². The van der Waals surface area contributed by atoms with E-state index < -0.39 is 21.8 Å². The molecular formula is C11H17BiO. The van der Waals surface area contributed by atoms with Gasteiger partial charge in [0.1, 0.15) is 0 Å². The fourth-order valence-corrected chi connectivity index (χ4v) is 5.61. The van der Waals surface area contributed by atoms with E-state index in [0.29, 0.717) is 0 Å². The molecule has 0 aliphatic carbocycles. The van der Waals surface area contributed by atoms with Gasteiger partial charge in [-0.1, -0.05) is 0 Å². The fourth-order valence-electron chi connectivity index (χ4n) is 1.42. The van der Waals surface area contributed by atoms with E-state index in [1.54, 1.807) is 10.4 Å². The first-order chi connectivity index (χ1) is 6.15. The number of ether oxygens (including phenoxy) is 1. The van der Waals surface area contributed by atoms with Crippen LogP contribution in [0.5, 0.6) is 0 Å². The van der Waals surface area contributed by atoms with Crippen LogP contribution in [-0.2, 0) is 11.3 Å². The predicted octanol–water partition coefficient (Wildman–Crippen LogP) is 2.10. The summed E-state index contributed by atoms with van der Waals surface area (Å²) in [6.45, 7) is 2.91. The number of rotatable bonds is 3. The van der Waals surface area contributed by atoms with Crippen LogP contribution in [0.4, 0.5) is 0 Å². The summed E-state index contributed by atoms with van der Waals surface area (Å²) in [5.41, 5.74) is 2.74. The Balaban J connectivity index is 3.03. The van der Waals surface area contributed by atoms with Gasteiger partial charge >= 0.3 is 89.0 Å². The molecule has 2 heteroatoms. The Kier molecular flexibility index (Phi) is 4.35. The van der Waals surface area contributed by atoms with Crippen molar-refractivity contribution in [2.75, 3.05) is 7.11 Å². The molecule has 0 aromatic heterocycles. The van der Waals surface area contributed by atoms with E-state index in [9.17, 15) is 0 Å². The molecule has 0 saturated heterocycles. The van der Waals surface area contributed by atoms with Crippen LogP contribution in [-0.4, -0.2) is 28.9 Å². The first kappa shape index (κ1) is 11.1. The van der Waals surface area contributed by atoms with E-state index >= 15 is 0 Å². The number of hydrogen-bond acceptors (Lipinski definition) is 1. The second kappa shape index (κ2) is 5.07. The zero-order valence-electron chi connectivity index (χ0n) is 8.79. The van der Waals surface area contributed by atoms with Crippen molar-refractivity contribution >= 4 is 25.0 Å². The van der Waals surface area contributed by atoms with Crippen LogP contribution >= 0.6 is 0 Å². The van der Waals surface area contributed by atoms with E-state index in [2.05, 4.69) is 34.4 Å². The molecule has 0 unspecified atom stereocenters. The van der Waals surface area contributed by atoms with E-state index in [4.69, 9.17) is 4.74 Å². The summed E-state index contributed by atoms with van der Waals surface area (Å²) in [6, 6.07) is 6.76. The number of benzene rings is 1. The third-order valence-corrected chi connectivity index (χ3v) is 7.46. The quantitative estimate of drug-likeness (QED) is 0.737. The standard InChI is InChI=1S/C9H11O.2CH3.Bi/c1-8-4-3-5-9(6-8)7-10-2;;;/h3-4,6H,7H2,1-2H3;2*1H3;. The third kappa shape index (κ3) is 3.03. The SMILES string of the molecule is COCc1cc(C)cc[c]1[Bi]([CH3])[CH3]. The second-order valence-corrected chi connectivity index (χ2v) is 12.3. The van der Waals surface area contributed by atoms with E-state index in [1.165, 1.54) is 11.1 Å². The molecule has 0 aliphatic heterocycles. The van der Waals surface area contributed by atoms with E-state index in [1.807, 2.05) is 0 Å². The molecule has 0 radical (unpaired) electrons. The van der Waals surface area contributed by atoms with Gasteiger partial charge in [0.15, 0.2) is 0 Å². The Bertz CT molecular complexity index is 281. The van der Waals surface area contributed by atoms with Gasteiger partial charge in [0, 0.05) is 0 Å². The Morgan fingerprint density at radius 3 is 2.54 bits per heavy atom. The first-order valence-corrected chi connectivity index (χ1v) is 13.1. The number of methoxy groups -OCH3 is 1. The summed E-state index contributed by atoms with van der Waals surface area (Å²) >= 11 is -1.30. The zero-order chi connectivity index (χ0) is 9.84. The monoisotopic (exact) mass is 374 g/mol. The number of aryl methyl sites for hydroxylation is 1. The Morgan fingerprint density at radius 1 is 1.31 bits per heavy atom. The number of hydrogen-bond donors (Lipinski definition) is 0. The minimum atomic E-state index is -1.30. The maximum absolute atomic E-state index is 5.21. The summed E-state index contributed by atoms with van der Waals surface area (Å²) in [6.07, 6.45) is 0. The van der Waals surface area contributed by atoms with Gasteiger partial charge in [-0.25, -0.2) is 0 Å². The van der Waals surface area contributed by atoms with Crippen LogP contribution in [0.15, 0.2) is 18.2 Å². The fraction of sp³-hybridized carbons (Fsp3) is 0.455. The summed E-state index contributed by atoms with van der Waals surface area (Å²) in [7, 11) is 1.77. The van der Waals surface area contributed by atoms with E-state index in [0.717, 1.165) is 6.61 Å². The van der Waals surface area contributed by atoms with Crippen LogP contribution in [0.3, 0.4) is 0 Å². The molecule has 1 aromatic carbocycles. The van der Waals surface area contributed by atoms with Crippen LogP contribution in [0.2, 0.25) is 9.26 Å². The maximum atomic E-state index is 5.21. The molecule has 0 N–H and O–H groups in total. The predicted molar refractivity (Wildman–Crippen MR) is 59.0 cm³/mol. The van der Waals surface area contributed by atoms with Crippen LogP contribution in [0.25, 0.3) is 0 Å². The summed E-state index contributed by atoms with van der Waals surface area (Å²) < 4.78 is 11.6. The average molecular weight is 374 g/mol. The van der Waals surface area contributed by atoms with Gasteiger partial charge in [-0.05, 0) is 0 Å². The topological polar surface area (TPSA) is 9.23 Å². The first-order valence-electron chi connectivity index (χ1n) is 4.41. The van der Waals surface area contributed by atoms with Gasteiger partial charge in [0.05, 0.1) is 0 Å². The molecule has 0 bridgehead atoms. The Hall–Kier alpha value is 0.0631. The molecule has 0 spiro atoms. The molecule has 0 saturated carbocycles. The van der Waals surface area contributed by atoms with Crippen molar-refractivity contribution in [2.45, 2.75) is 22.8 Å². The second-order valence-electron chi connectivity index (χ2n) is 3.46. The molecule has 72 valence electrons. The molecule has 1 aromatic rings. The molecule has 0 amide bonds. The Labute approximate surface area is 88.8 Å². The van der Waals surface area contributed by atoms with Crippen molar-refractivity contribution < 1.29 is 4.74 Å². The molecule has 0 aliphatic rings.